The number of aryl methyl sites for hydroxylation is 1. The average Bonchev–Trinajstić information content (AvgIpc) is 3.47. The Morgan fingerprint density at radius 2 is 1.68 bits per heavy atom. The minimum Gasteiger partial charge on any atom is -0.490 e. The summed E-state index contributed by atoms with van der Waals surface area (Å²) in [5.74, 6) is 0.950. The topological polar surface area (TPSA) is 48.1 Å². The maximum absolute atomic E-state index is 13.9. The largest absolute Gasteiger partial charge is 0.490 e. The number of nitrogens with zero attached hydrogens (tertiary/aromatic N) is 5. The maximum atomic E-state index is 13.9. The number of halogens is 4. The molecule has 0 atom stereocenters. The summed E-state index contributed by atoms with van der Waals surface area (Å²) in [5.41, 5.74) is 3.00. The molecule has 0 aliphatic carbocycles. The molecule has 38 heavy (non-hydrogen) atoms. The SMILES string of the molecule is Cn1nc(-c2cccc(C(F)F)c2)c2ccc(OC3CCN(c4nc5ccccc5n4C(F)F)CC3)cc21. The molecule has 0 unspecified atom stereocenters. The maximum Gasteiger partial charge on any atom is 0.321 e. The van der Waals surface area contributed by atoms with Crippen LogP contribution in [0.25, 0.3) is 33.2 Å². The molecule has 5 aromatic rings. The van der Waals surface area contributed by atoms with Gasteiger partial charge in [-0.15, -0.1) is 0 Å². The minimum atomic E-state index is -2.68. The number of imidazole rings is 1. The van der Waals surface area contributed by atoms with Crippen LogP contribution in [0.15, 0.2) is 66.7 Å². The average molecular weight is 524 g/mol. The highest BCUT2D eigenvalue weighted by molar-refractivity contribution is 5.94. The van der Waals surface area contributed by atoms with Gasteiger partial charge in [-0.25, -0.2) is 13.8 Å². The van der Waals surface area contributed by atoms with Crippen molar-refractivity contribution < 1.29 is 22.3 Å². The van der Waals surface area contributed by atoms with Gasteiger partial charge in [-0.1, -0.05) is 30.3 Å². The summed E-state index contributed by atoms with van der Waals surface area (Å²) in [6, 6.07) is 18.8. The van der Waals surface area contributed by atoms with Gasteiger partial charge in [0.05, 0.1) is 16.6 Å². The second-order valence-corrected chi connectivity index (χ2v) is 9.43. The number of anilines is 1. The molecule has 1 saturated heterocycles. The van der Waals surface area contributed by atoms with E-state index in [0.717, 1.165) is 15.5 Å². The first kappa shape index (κ1) is 24.3. The quantitative estimate of drug-likeness (QED) is 0.226. The predicted molar refractivity (Wildman–Crippen MR) is 138 cm³/mol. The smallest absolute Gasteiger partial charge is 0.321 e. The van der Waals surface area contributed by atoms with E-state index in [1.165, 1.54) is 12.1 Å². The lowest BCUT2D eigenvalue weighted by atomic mass is 10.0. The van der Waals surface area contributed by atoms with Crippen LogP contribution in [0.1, 0.15) is 31.4 Å². The molecule has 0 bridgehead atoms. The van der Waals surface area contributed by atoms with Crippen molar-refractivity contribution in [1.82, 2.24) is 19.3 Å². The summed E-state index contributed by atoms with van der Waals surface area (Å²) < 4.78 is 63.1. The van der Waals surface area contributed by atoms with E-state index in [0.29, 0.717) is 54.0 Å². The summed E-state index contributed by atoms with van der Waals surface area (Å²) in [6.07, 6.45) is -1.32. The lowest BCUT2D eigenvalue weighted by molar-refractivity contribution is 0.0752. The minimum absolute atomic E-state index is 0.0447. The number of alkyl halides is 4. The van der Waals surface area contributed by atoms with E-state index >= 15 is 0 Å². The third-order valence-electron chi connectivity index (χ3n) is 7.03. The summed E-state index contributed by atoms with van der Waals surface area (Å²) in [6.45, 7) is -1.60. The summed E-state index contributed by atoms with van der Waals surface area (Å²) in [5, 5.41) is 5.41. The van der Waals surface area contributed by atoms with Crippen molar-refractivity contribution in [3.63, 3.8) is 0 Å². The van der Waals surface area contributed by atoms with Crippen LogP contribution in [0.4, 0.5) is 23.5 Å². The molecule has 6 rings (SSSR count). The molecule has 1 aliphatic rings. The zero-order valence-electron chi connectivity index (χ0n) is 20.6. The Kier molecular flexibility index (Phi) is 6.17. The Balaban J connectivity index is 1.19. The fourth-order valence-corrected chi connectivity index (χ4v) is 5.16. The molecule has 10 heteroatoms. The van der Waals surface area contributed by atoms with Crippen LogP contribution in [0.2, 0.25) is 0 Å². The number of fused-ring (bicyclic) bond motifs is 2. The lowest BCUT2D eigenvalue weighted by Gasteiger charge is -2.33. The van der Waals surface area contributed by atoms with Gasteiger partial charge >= 0.3 is 6.55 Å². The Hall–Kier alpha value is -4.08. The van der Waals surface area contributed by atoms with Crippen LogP contribution in [0.3, 0.4) is 0 Å². The van der Waals surface area contributed by atoms with Crippen LogP contribution < -0.4 is 9.64 Å². The first-order valence-electron chi connectivity index (χ1n) is 12.4. The van der Waals surface area contributed by atoms with Gasteiger partial charge in [0.2, 0.25) is 5.95 Å². The van der Waals surface area contributed by atoms with Gasteiger partial charge in [-0.2, -0.15) is 13.9 Å². The molecule has 1 aliphatic heterocycles. The van der Waals surface area contributed by atoms with E-state index < -0.39 is 13.0 Å². The summed E-state index contributed by atoms with van der Waals surface area (Å²) >= 11 is 0. The zero-order valence-corrected chi connectivity index (χ0v) is 20.6. The molecule has 196 valence electrons. The first-order valence-corrected chi connectivity index (χ1v) is 12.4. The molecule has 0 amide bonds. The molecule has 0 saturated carbocycles. The highest BCUT2D eigenvalue weighted by atomic mass is 19.3. The fraction of sp³-hybridized carbons (Fsp3) is 0.286. The van der Waals surface area contributed by atoms with Crippen LogP contribution in [0, 0.1) is 0 Å². The van der Waals surface area contributed by atoms with Crippen molar-refractivity contribution in [3.8, 4) is 17.0 Å². The van der Waals surface area contributed by atoms with Gasteiger partial charge in [0.15, 0.2) is 0 Å². The highest BCUT2D eigenvalue weighted by Crippen LogP contribution is 2.34. The molecular weight excluding hydrogens is 498 g/mol. The molecule has 2 aromatic heterocycles. The van der Waals surface area contributed by atoms with Gasteiger partial charge in [0.25, 0.3) is 6.43 Å². The Morgan fingerprint density at radius 3 is 2.45 bits per heavy atom. The van der Waals surface area contributed by atoms with Gasteiger partial charge in [0.1, 0.15) is 17.5 Å². The molecular formula is C28H25F4N5O. The van der Waals surface area contributed by atoms with Crippen molar-refractivity contribution in [3.05, 3.63) is 72.3 Å². The number of hydrogen-bond acceptors (Lipinski definition) is 4. The number of ether oxygens (including phenoxy) is 1. The van der Waals surface area contributed by atoms with E-state index in [-0.39, 0.29) is 17.6 Å². The zero-order chi connectivity index (χ0) is 26.4. The monoisotopic (exact) mass is 523 g/mol. The standard InChI is InChI=1S/C28H25F4N5O/c1-35-24-16-20(9-10-21(24)25(34-35)17-5-4-6-18(15-17)26(29)30)38-19-11-13-36(14-12-19)28-33-22-7-2-3-8-23(22)37(28)27(31)32/h2-10,15-16,19,26-27H,11-14H2,1H3. The third-order valence-corrected chi connectivity index (χ3v) is 7.03. The second kappa shape index (κ2) is 9.66. The fourth-order valence-electron chi connectivity index (χ4n) is 5.16. The lowest BCUT2D eigenvalue weighted by Crippen LogP contribution is -2.39. The third kappa shape index (κ3) is 4.33. The number of piperidine rings is 1. The Bertz CT molecular complexity index is 1600. The van der Waals surface area contributed by atoms with Gasteiger partial charge in [-0.05, 0) is 30.3 Å². The van der Waals surface area contributed by atoms with Gasteiger partial charge in [0, 0.05) is 55.6 Å². The van der Waals surface area contributed by atoms with E-state index in [2.05, 4.69) is 10.1 Å². The van der Waals surface area contributed by atoms with Crippen molar-refractivity contribution in [2.45, 2.75) is 31.9 Å². The molecule has 1 fully saturated rings. The molecule has 3 aromatic carbocycles. The van der Waals surface area contributed by atoms with E-state index in [1.807, 2.05) is 23.1 Å². The van der Waals surface area contributed by atoms with E-state index in [9.17, 15) is 17.6 Å². The number of para-hydroxylation sites is 2. The number of hydrogen-bond donors (Lipinski definition) is 0. The van der Waals surface area contributed by atoms with Crippen molar-refractivity contribution in [1.29, 1.82) is 0 Å². The molecule has 0 N–H and O–H groups in total. The van der Waals surface area contributed by atoms with Crippen LogP contribution in [0.5, 0.6) is 5.75 Å². The number of rotatable bonds is 6. The van der Waals surface area contributed by atoms with Crippen molar-refractivity contribution in [2.75, 3.05) is 18.0 Å². The van der Waals surface area contributed by atoms with Crippen LogP contribution in [-0.2, 0) is 7.05 Å². The second-order valence-electron chi connectivity index (χ2n) is 9.43. The Labute approximate surface area is 216 Å². The van der Waals surface area contributed by atoms with Crippen molar-refractivity contribution >= 4 is 27.9 Å². The predicted octanol–water partition coefficient (Wildman–Crippen LogP) is 6.97. The first-order chi connectivity index (χ1) is 18.4. The number of aromatic nitrogens is 4. The van der Waals surface area contributed by atoms with E-state index in [4.69, 9.17) is 4.74 Å². The molecule has 0 radical (unpaired) electrons. The summed E-state index contributed by atoms with van der Waals surface area (Å²) in [4.78, 5) is 6.35. The normalized spacial score (nSPS) is 14.9. The van der Waals surface area contributed by atoms with E-state index in [1.54, 1.807) is 48.1 Å². The van der Waals surface area contributed by atoms with Crippen LogP contribution >= 0.6 is 0 Å². The van der Waals surface area contributed by atoms with Crippen LogP contribution in [-0.4, -0.2) is 38.5 Å². The molecule has 0 spiro atoms. The molecule has 3 heterocycles. The summed E-state index contributed by atoms with van der Waals surface area (Å²) in [7, 11) is 1.81. The van der Waals surface area contributed by atoms with Gasteiger partial charge in [-0.3, -0.25) is 9.25 Å². The Morgan fingerprint density at radius 1 is 0.895 bits per heavy atom. The van der Waals surface area contributed by atoms with Gasteiger partial charge < -0.3 is 9.64 Å². The molecule has 6 nitrogen and oxygen atoms in total. The number of benzene rings is 3. The van der Waals surface area contributed by atoms with Crippen molar-refractivity contribution in [2.24, 2.45) is 7.05 Å². The highest BCUT2D eigenvalue weighted by Gasteiger charge is 2.27.